The Morgan fingerprint density at radius 3 is 2.56 bits per heavy atom. The first-order valence-electron chi connectivity index (χ1n) is 11.4. The van der Waals surface area contributed by atoms with Crippen molar-refractivity contribution in [2.45, 2.75) is 32.5 Å². The maximum absolute atomic E-state index is 13.6. The molecule has 4 rings (SSSR count). The van der Waals surface area contributed by atoms with Crippen molar-refractivity contribution in [3.8, 4) is 6.07 Å². The number of nitriles is 1. The average molecular weight is 495 g/mol. The molecule has 0 saturated heterocycles. The topological polar surface area (TPSA) is 76.4 Å². The van der Waals surface area contributed by atoms with Gasteiger partial charge in [-0.15, -0.1) is 0 Å². The number of Topliss-reactive ketones (excluding diaryl/α,β-unsaturated/α-hetero) is 1. The van der Waals surface area contributed by atoms with Crippen molar-refractivity contribution >= 4 is 23.1 Å². The molecule has 1 atom stereocenters. The first-order chi connectivity index (χ1) is 17.0. The Labute approximate surface area is 207 Å². The number of anilines is 1. The second-order valence-electron chi connectivity index (χ2n) is 8.83. The maximum Gasteiger partial charge on any atom is 0.416 e. The minimum Gasteiger partial charge on any atom is -0.316 e. The zero-order valence-corrected chi connectivity index (χ0v) is 20.1. The molecule has 36 heavy (non-hydrogen) atoms. The van der Waals surface area contributed by atoms with E-state index in [0.717, 1.165) is 34.7 Å². The summed E-state index contributed by atoms with van der Waals surface area (Å²) in [5.74, 6) is -0.302. The van der Waals surface area contributed by atoms with Crippen LogP contribution < -0.4 is 10.2 Å². The highest BCUT2D eigenvalue weighted by atomic mass is 19.4. The number of nitrogens with zero attached hydrogens (tertiary/aromatic N) is 3. The molecule has 6 nitrogen and oxygen atoms in total. The third-order valence-electron chi connectivity index (χ3n) is 6.58. The third-order valence-corrected chi connectivity index (χ3v) is 6.58. The zero-order chi connectivity index (χ0) is 26.2. The number of urea groups is 1. The molecule has 2 aromatic carbocycles. The van der Waals surface area contributed by atoms with E-state index < -0.39 is 23.8 Å². The van der Waals surface area contributed by atoms with E-state index in [1.54, 1.807) is 25.1 Å². The molecule has 2 aromatic rings. The van der Waals surface area contributed by atoms with E-state index in [0.29, 0.717) is 29.7 Å². The zero-order valence-electron chi connectivity index (χ0n) is 20.1. The molecule has 1 unspecified atom stereocenters. The highest BCUT2D eigenvalue weighted by Gasteiger charge is 2.41. The van der Waals surface area contributed by atoms with Crippen molar-refractivity contribution in [3.63, 3.8) is 0 Å². The number of carbonyl (C=O) groups is 2. The third kappa shape index (κ3) is 4.52. The van der Waals surface area contributed by atoms with E-state index >= 15 is 0 Å². The Bertz CT molecular complexity index is 1340. The number of ketones is 1. The summed E-state index contributed by atoms with van der Waals surface area (Å²) < 4.78 is 40.1. The Morgan fingerprint density at radius 1 is 1.19 bits per heavy atom. The Balaban J connectivity index is 1.91. The Kier molecular flexibility index (Phi) is 6.74. The monoisotopic (exact) mass is 494 g/mol. The summed E-state index contributed by atoms with van der Waals surface area (Å²) in [5.41, 5.74) is 2.63. The van der Waals surface area contributed by atoms with Crippen molar-refractivity contribution < 1.29 is 22.8 Å². The normalized spacial score (nSPS) is 18.8. The molecule has 0 saturated carbocycles. The molecule has 0 aliphatic carbocycles. The molecule has 2 heterocycles. The number of nitrogens with one attached hydrogen (secondary N) is 1. The van der Waals surface area contributed by atoms with Crippen molar-refractivity contribution in [1.29, 1.82) is 5.26 Å². The lowest BCUT2D eigenvalue weighted by Gasteiger charge is -2.42. The molecule has 0 fully saturated rings. The predicted molar refractivity (Wildman–Crippen MR) is 130 cm³/mol. The second kappa shape index (κ2) is 9.63. The summed E-state index contributed by atoms with van der Waals surface area (Å²) in [7, 11) is 1.53. The molecule has 2 aliphatic heterocycles. The van der Waals surface area contributed by atoms with Crippen molar-refractivity contribution in [1.82, 2.24) is 10.2 Å². The van der Waals surface area contributed by atoms with E-state index in [4.69, 9.17) is 0 Å². The summed E-state index contributed by atoms with van der Waals surface area (Å²) >= 11 is 0. The Morgan fingerprint density at radius 2 is 1.94 bits per heavy atom. The lowest BCUT2D eigenvalue weighted by Crippen LogP contribution is -2.49. The summed E-state index contributed by atoms with van der Waals surface area (Å²) in [4.78, 5) is 29.1. The SMILES string of the molecule is CC(=O)C1=C(C)N(c2cccc(C(F)(F)F)c2)C(=O)N(C)C1c1ccc(C#N)cc1C1=CCNCC1. The van der Waals surface area contributed by atoms with Gasteiger partial charge in [0.25, 0.3) is 0 Å². The number of hydrogen-bond donors (Lipinski definition) is 1. The average Bonchev–Trinajstić information content (AvgIpc) is 2.86. The lowest BCUT2D eigenvalue weighted by atomic mass is 9.84. The van der Waals surface area contributed by atoms with Gasteiger partial charge >= 0.3 is 12.2 Å². The molecule has 0 bridgehead atoms. The van der Waals surface area contributed by atoms with Crippen LogP contribution in [0.25, 0.3) is 5.57 Å². The van der Waals surface area contributed by atoms with Gasteiger partial charge < -0.3 is 10.2 Å². The molecule has 186 valence electrons. The van der Waals surface area contributed by atoms with Gasteiger partial charge in [0.2, 0.25) is 0 Å². The number of likely N-dealkylation sites (N-methyl/N-ethyl adjacent to an activating group) is 1. The minimum atomic E-state index is -4.58. The number of carbonyl (C=O) groups excluding carboxylic acids is 2. The first kappa shape index (κ1) is 25.2. The van der Waals surface area contributed by atoms with Gasteiger partial charge in [-0.05, 0) is 73.8 Å². The standard InChI is InChI=1S/C27H25F3N4O2/c1-16-24(17(2)35)25(22-8-7-18(15-31)13-23(22)19-9-11-32-12-10-19)33(3)26(36)34(16)21-6-4-5-20(14-21)27(28,29)30/h4-9,13-14,25,32H,10-12H2,1-3H3. The van der Waals surface area contributed by atoms with Crippen LogP contribution in [0.4, 0.5) is 23.7 Å². The summed E-state index contributed by atoms with van der Waals surface area (Å²) in [6.07, 6.45) is -1.85. The van der Waals surface area contributed by atoms with Crippen LogP contribution in [0.3, 0.4) is 0 Å². The van der Waals surface area contributed by atoms with Crippen LogP contribution in [0.5, 0.6) is 0 Å². The highest BCUT2D eigenvalue weighted by molar-refractivity contribution is 6.05. The lowest BCUT2D eigenvalue weighted by molar-refractivity contribution is -0.137. The van der Waals surface area contributed by atoms with Crippen LogP contribution in [0, 0.1) is 11.3 Å². The molecule has 2 amide bonds. The molecule has 2 aliphatic rings. The van der Waals surface area contributed by atoms with Gasteiger partial charge in [-0.3, -0.25) is 9.69 Å². The minimum absolute atomic E-state index is 0.0255. The quantitative estimate of drug-likeness (QED) is 0.615. The van der Waals surface area contributed by atoms with Gasteiger partial charge in [0, 0.05) is 24.9 Å². The van der Waals surface area contributed by atoms with Gasteiger partial charge in [-0.2, -0.15) is 18.4 Å². The summed E-state index contributed by atoms with van der Waals surface area (Å²) in [6, 6.07) is 10.5. The van der Waals surface area contributed by atoms with Crippen LogP contribution in [0.1, 0.15) is 48.6 Å². The number of benzene rings is 2. The van der Waals surface area contributed by atoms with Gasteiger partial charge in [-0.1, -0.05) is 18.2 Å². The number of hydrogen-bond acceptors (Lipinski definition) is 4. The van der Waals surface area contributed by atoms with Gasteiger partial charge in [0.15, 0.2) is 5.78 Å². The molecule has 0 radical (unpaired) electrons. The van der Waals surface area contributed by atoms with Gasteiger partial charge in [0.1, 0.15) is 0 Å². The van der Waals surface area contributed by atoms with Gasteiger partial charge in [-0.25, -0.2) is 4.79 Å². The molecular weight excluding hydrogens is 469 g/mol. The largest absolute Gasteiger partial charge is 0.416 e. The number of rotatable bonds is 4. The first-order valence-corrected chi connectivity index (χ1v) is 11.4. The van der Waals surface area contributed by atoms with Crippen molar-refractivity contribution in [2.75, 3.05) is 25.0 Å². The van der Waals surface area contributed by atoms with E-state index in [2.05, 4.69) is 11.4 Å². The second-order valence-corrected chi connectivity index (χ2v) is 8.83. The number of amides is 2. The van der Waals surface area contributed by atoms with Crippen LogP contribution in [0.2, 0.25) is 0 Å². The van der Waals surface area contributed by atoms with Gasteiger partial charge in [0.05, 0.1) is 28.9 Å². The van der Waals surface area contributed by atoms with Crippen LogP contribution in [0.15, 0.2) is 59.8 Å². The molecule has 0 aromatic heterocycles. The highest BCUT2D eigenvalue weighted by Crippen LogP contribution is 2.42. The van der Waals surface area contributed by atoms with E-state index in [-0.39, 0.29) is 17.2 Å². The van der Waals surface area contributed by atoms with E-state index in [9.17, 15) is 28.0 Å². The number of allylic oxidation sites excluding steroid dienone is 1. The molecule has 1 N–H and O–H groups in total. The summed E-state index contributed by atoms with van der Waals surface area (Å²) in [5, 5.41) is 12.7. The fourth-order valence-electron chi connectivity index (χ4n) is 4.87. The fourth-order valence-corrected chi connectivity index (χ4v) is 4.87. The summed E-state index contributed by atoms with van der Waals surface area (Å²) in [6.45, 7) is 4.36. The Hall–Kier alpha value is -3.90. The van der Waals surface area contributed by atoms with Crippen LogP contribution >= 0.6 is 0 Å². The smallest absolute Gasteiger partial charge is 0.316 e. The van der Waals surface area contributed by atoms with Crippen molar-refractivity contribution in [3.05, 3.63) is 82.1 Å². The molecular formula is C27H25F3N4O2. The van der Waals surface area contributed by atoms with E-state index in [1.807, 2.05) is 6.08 Å². The maximum atomic E-state index is 13.6. The molecule has 0 spiro atoms. The number of halogens is 3. The van der Waals surface area contributed by atoms with Crippen LogP contribution in [-0.2, 0) is 11.0 Å². The fraction of sp³-hybridized carbons (Fsp3) is 0.296. The van der Waals surface area contributed by atoms with Crippen LogP contribution in [-0.4, -0.2) is 36.9 Å². The van der Waals surface area contributed by atoms with Crippen molar-refractivity contribution in [2.24, 2.45) is 0 Å². The van der Waals surface area contributed by atoms with E-state index in [1.165, 1.54) is 31.0 Å². The number of alkyl halides is 3. The predicted octanol–water partition coefficient (Wildman–Crippen LogP) is 5.43. The molecule has 9 heteroatoms.